The van der Waals surface area contributed by atoms with Gasteiger partial charge in [0.05, 0.1) is 12.0 Å². The minimum atomic E-state index is 0.0220. The Hall–Kier alpha value is -2.40. The molecular weight excluding hydrogens is 320 g/mol. The Morgan fingerprint density at radius 3 is 2.75 bits per heavy atom. The third-order valence-electron chi connectivity index (χ3n) is 3.80. The third-order valence-corrected chi connectivity index (χ3v) is 4.66. The van der Waals surface area contributed by atoms with Crippen LogP contribution < -0.4 is 5.32 Å². The summed E-state index contributed by atoms with van der Waals surface area (Å²) in [6, 6.07) is 12.4. The molecule has 24 heavy (non-hydrogen) atoms. The summed E-state index contributed by atoms with van der Waals surface area (Å²) in [5.41, 5.74) is 3.32. The number of hydrogen-bond donors (Lipinski definition) is 1. The van der Waals surface area contributed by atoms with E-state index < -0.39 is 0 Å². The highest BCUT2D eigenvalue weighted by atomic mass is 32.1. The first-order chi connectivity index (χ1) is 11.6. The molecule has 1 aromatic carbocycles. The summed E-state index contributed by atoms with van der Waals surface area (Å²) in [7, 11) is 0. The number of carbonyl (C=O) groups is 1. The molecule has 1 N–H and O–H groups in total. The van der Waals surface area contributed by atoms with Crippen LogP contribution in [-0.2, 0) is 11.2 Å². The molecule has 3 rings (SSSR count). The molecule has 1 atom stereocenters. The molecule has 0 bridgehead atoms. The molecule has 0 aliphatic rings. The van der Waals surface area contributed by atoms with Gasteiger partial charge in [0.25, 0.3) is 0 Å². The standard InChI is InChI=1S/C19H20N2O2S/c1-13(20-14(2)22)5-6-15-7-9-16(10-8-15)17-12-24-19(21-17)18-4-3-11-23-18/h3-4,7-13H,5-6H2,1-2H3,(H,20,22). The fraction of sp³-hybridized carbons (Fsp3) is 0.263. The largest absolute Gasteiger partial charge is 0.462 e. The van der Waals surface area contributed by atoms with Crippen LogP contribution in [0.3, 0.4) is 0 Å². The second kappa shape index (κ2) is 7.45. The van der Waals surface area contributed by atoms with Crippen LogP contribution in [0.4, 0.5) is 0 Å². The van der Waals surface area contributed by atoms with Crippen LogP contribution in [0.5, 0.6) is 0 Å². The van der Waals surface area contributed by atoms with Crippen LogP contribution in [0.15, 0.2) is 52.5 Å². The predicted octanol–water partition coefficient (Wildman–Crippen LogP) is 4.53. The van der Waals surface area contributed by atoms with E-state index in [1.807, 2.05) is 24.4 Å². The van der Waals surface area contributed by atoms with E-state index in [4.69, 9.17) is 4.42 Å². The lowest BCUT2D eigenvalue weighted by molar-refractivity contribution is -0.119. The average molecular weight is 340 g/mol. The second-order valence-electron chi connectivity index (χ2n) is 5.85. The molecule has 0 spiro atoms. The number of benzene rings is 1. The second-order valence-corrected chi connectivity index (χ2v) is 6.71. The van der Waals surface area contributed by atoms with Crippen LogP contribution in [0.2, 0.25) is 0 Å². The summed E-state index contributed by atoms with van der Waals surface area (Å²) >= 11 is 1.58. The number of thiazole rings is 1. The fourth-order valence-electron chi connectivity index (χ4n) is 2.56. The zero-order chi connectivity index (χ0) is 16.9. The first-order valence-electron chi connectivity index (χ1n) is 7.97. The Morgan fingerprint density at radius 1 is 1.29 bits per heavy atom. The quantitative estimate of drug-likeness (QED) is 0.717. The number of carbonyl (C=O) groups excluding carboxylic acids is 1. The van der Waals surface area contributed by atoms with Crippen molar-refractivity contribution in [1.82, 2.24) is 10.3 Å². The van der Waals surface area contributed by atoms with E-state index in [-0.39, 0.29) is 11.9 Å². The normalized spacial score (nSPS) is 12.1. The van der Waals surface area contributed by atoms with E-state index in [1.54, 1.807) is 24.5 Å². The van der Waals surface area contributed by atoms with Crippen LogP contribution in [0, 0.1) is 0 Å². The van der Waals surface area contributed by atoms with E-state index in [0.29, 0.717) is 0 Å². The summed E-state index contributed by atoms with van der Waals surface area (Å²) < 4.78 is 5.39. The summed E-state index contributed by atoms with van der Waals surface area (Å²) in [6.45, 7) is 3.58. The number of nitrogens with zero attached hydrogens (tertiary/aromatic N) is 1. The number of furan rings is 1. The van der Waals surface area contributed by atoms with Crippen LogP contribution >= 0.6 is 11.3 Å². The third kappa shape index (κ3) is 4.11. The number of aryl methyl sites for hydroxylation is 1. The van der Waals surface area contributed by atoms with E-state index in [9.17, 15) is 4.79 Å². The molecule has 0 radical (unpaired) electrons. The van der Waals surface area contributed by atoms with Crippen molar-refractivity contribution in [2.75, 3.05) is 0 Å². The maximum Gasteiger partial charge on any atom is 0.217 e. The van der Waals surface area contributed by atoms with Gasteiger partial charge in [-0.15, -0.1) is 11.3 Å². The lowest BCUT2D eigenvalue weighted by Crippen LogP contribution is -2.30. The number of aromatic nitrogens is 1. The van der Waals surface area contributed by atoms with Gasteiger partial charge < -0.3 is 9.73 Å². The SMILES string of the molecule is CC(=O)NC(C)CCc1ccc(-c2csc(-c3ccco3)n2)cc1. The van der Waals surface area contributed by atoms with Crippen molar-refractivity contribution in [3.05, 3.63) is 53.6 Å². The Labute approximate surface area is 145 Å². The van der Waals surface area contributed by atoms with E-state index in [0.717, 1.165) is 34.9 Å². The first kappa shape index (κ1) is 16.5. The van der Waals surface area contributed by atoms with Crippen LogP contribution in [0.25, 0.3) is 22.0 Å². The van der Waals surface area contributed by atoms with Gasteiger partial charge in [-0.3, -0.25) is 4.79 Å². The topological polar surface area (TPSA) is 55.1 Å². The van der Waals surface area contributed by atoms with Gasteiger partial charge in [0, 0.05) is 23.9 Å². The molecule has 0 fully saturated rings. The Kier molecular flexibility index (Phi) is 5.11. The minimum absolute atomic E-state index is 0.0220. The number of amides is 1. The molecule has 0 saturated carbocycles. The molecule has 0 saturated heterocycles. The van der Waals surface area contributed by atoms with Crippen molar-refractivity contribution in [3.8, 4) is 22.0 Å². The van der Waals surface area contributed by atoms with Gasteiger partial charge >= 0.3 is 0 Å². The smallest absolute Gasteiger partial charge is 0.217 e. The monoisotopic (exact) mass is 340 g/mol. The Balaban J connectivity index is 1.63. The zero-order valence-electron chi connectivity index (χ0n) is 13.8. The van der Waals surface area contributed by atoms with E-state index in [2.05, 4.69) is 34.6 Å². The van der Waals surface area contributed by atoms with Crippen LogP contribution in [-0.4, -0.2) is 16.9 Å². The van der Waals surface area contributed by atoms with Gasteiger partial charge in [-0.1, -0.05) is 24.3 Å². The Morgan fingerprint density at radius 2 is 2.08 bits per heavy atom. The molecule has 4 nitrogen and oxygen atoms in total. The highest BCUT2D eigenvalue weighted by molar-refractivity contribution is 7.13. The van der Waals surface area contributed by atoms with Gasteiger partial charge in [0.15, 0.2) is 10.8 Å². The highest BCUT2D eigenvalue weighted by Crippen LogP contribution is 2.29. The zero-order valence-corrected chi connectivity index (χ0v) is 14.6. The first-order valence-corrected chi connectivity index (χ1v) is 8.85. The van der Waals surface area contributed by atoms with E-state index in [1.165, 1.54) is 5.56 Å². The minimum Gasteiger partial charge on any atom is -0.462 e. The van der Waals surface area contributed by atoms with Crippen molar-refractivity contribution in [3.63, 3.8) is 0 Å². The van der Waals surface area contributed by atoms with Gasteiger partial charge in [0.2, 0.25) is 5.91 Å². The van der Waals surface area contributed by atoms with Crippen LogP contribution in [0.1, 0.15) is 25.8 Å². The lowest BCUT2D eigenvalue weighted by atomic mass is 10.0. The highest BCUT2D eigenvalue weighted by Gasteiger charge is 2.09. The summed E-state index contributed by atoms with van der Waals surface area (Å²) in [6.07, 6.45) is 3.53. The number of hydrogen-bond acceptors (Lipinski definition) is 4. The Bertz CT molecular complexity index is 791. The number of nitrogens with one attached hydrogen (secondary N) is 1. The van der Waals surface area contributed by atoms with E-state index >= 15 is 0 Å². The molecular formula is C19H20N2O2S. The molecule has 5 heteroatoms. The molecule has 3 aromatic rings. The van der Waals surface area contributed by atoms with Crippen molar-refractivity contribution in [1.29, 1.82) is 0 Å². The summed E-state index contributed by atoms with van der Waals surface area (Å²) in [4.78, 5) is 15.7. The maximum atomic E-state index is 11.0. The van der Waals surface area contributed by atoms with Crippen molar-refractivity contribution >= 4 is 17.2 Å². The fourth-order valence-corrected chi connectivity index (χ4v) is 3.36. The average Bonchev–Trinajstić information content (AvgIpc) is 3.24. The lowest BCUT2D eigenvalue weighted by Gasteiger charge is -2.12. The molecule has 1 unspecified atom stereocenters. The van der Waals surface area contributed by atoms with Crippen molar-refractivity contribution in [2.45, 2.75) is 32.7 Å². The van der Waals surface area contributed by atoms with Gasteiger partial charge in [0.1, 0.15) is 0 Å². The van der Waals surface area contributed by atoms with Gasteiger partial charge in [-0.2, -0.15) is 0 Å². The molecule has 2 heterocycles. The molecule has 0 aliphatic heterocycles. The van der Waals surface area contributed by atoms with Gasteiger partial charge in [-0.25, -0.2) is 4.98 Å². The van der Waals surface area contributed by atoms with Crippen molar-refractivity contribution < 1.29 is 9.21 Å². The summed E-state index contributed by atoms with van der Waals surface area (Å²) in [5.74, 6) is 0.823. The maximum absolute atomic E-state index is 11.0. The van der Waals surface area contributed by atoms with Gasteiger partial charge in [-0.05, 0) is 37.5 Å². The number of rotatable bonds is 6. The summed E-state index contributed by atoms with van der Waals surface area (Å²) in [5, 5.41) is 5.85. The predicted molar refractivity (Wildman–Crippen MR) is 96.9 cm³/mol. The van der Waals surface area contributed by atoms with Crippen molar-refractivity contribution in [2.24, 2.45) is 0 Å². The molecule has 2 aromatic heterocycles. The molecule has 0 aliphatic carbocycles. The molecule has 1 amide bonds. The molecule has 124 valence electrons.